The number of hydrogen-bond acceptors (Lipinski definition) is 3. The highest BCUT2D eigenvalue weighted by Gasteiger charge is 2.09. The molecule has 2 N–H and O–H groups in total. The lowest BCUT2D eigenvalue weighted by Gasteiger charge is -2.20. The van der Waals surface area contributed by atoms with Crippen molar-refractivity contribution in [2.24, 2.45) is 4.99 Å². The first-order chi connectivity index (χ1) is 4.70. The summed E-state index contributed by atoms with van der Waals surface area (Å²) in [6, 6.07) is 0. The van der Waals surface area contributed by atoms with E-state index in [1.54, 1.807) is 0 Å². The molecule has 56 valence electrons. The molecule has 0 aromatic carbocycles. The lowest BCUT2D eigenvalue weighted by Crippen LogP contribution is -2.36. The normalized spacial score (nSPS) is 17.8. The molecule has 0 unspecified atom stereocenters. The third-order valence-corrected chi connectivity index (χ3v) is 1.41. The van der Waals surface area contributed by atoms with E-state index < -0.39 is 0 Å². The summed E-state index contributed by atoms with van der Waals surface area (Å²) in [6.07, 6.45) is 0.632. The summed E-state index contributed by atoms with van der Waals surface area (Å²) in [5.74, 6) is 1.53. The Labute approximate surface area is 60.4 Å². The Morgan fingerprint density at radius 2 is 2.30 bits per heavy atom. The topological polar surface area (TPSA) is 51.5 Å². The van der Waals surface area contributed by atoms with Crippen molar-refractivity contribution in [1.29, 1.82) is 5.41 Å². The second kappa shape index (κ2) is 2.68. The smallest absolute Gasteiger partial charge is 0.110 e. The predicted molar refractivity (Wildman–Crippen MR) is 41.5 cm³/mol. The number of amidine groups is 2. The van der Waals surface area contributed by atoms with Gasteiger partial charge in [0.1, 0.15) is 18.3 Å². The molecule has 0 aliphatic carbocycles. The molecular formula is C6H12N4. The van der Waals surface area contributed by atoms with Gasteiger partial charge in [-0.15, -0.1) is 0 Å². The molecular weight excluding hydrogens is 128 g/mol. The summed E-state index contributed by atoms with van der Waals surface area (Å²) in [5, 5.41) is 10.1. The van der Waals surface area contributed by atoms with Crippen molar-refractivity contribution in [2.45, 2.75) is 6.42 Å². The molecule has 0 spiro atoms. The van der Waals surface area contributed by atoms with Crippen LogP contribution in [0.15, 0.2) is 4.99 Å². The third kappa shape index (κ3) is 1.46. The van der Waals surface area contributed by atoms with E-state index in [0.29, 0.717) is 18.9 Å². The molecule has 0 amide bonds. The standard InChI is InChI=1S/C6H12N4/c1-10(2)6-3-5(7)8-4-9-6/h3-4H2,1-2H3,(H2,7,8). The first-order valence-corrected chi connectivity index (χ1v) is 3.22. The number of rotatable bonds is 0. The Bertz CT molecular complexity index is 171. The summed E-state index contributed by atoms with van der Waals surface area (Å²) in [7, 11) is 3.88. The minimum Gasteiger partial charge on any atom is -0.366 e. The van der Waals surface area contributed by atoms with Crippen LogP contribution in [0.3, 0.4) is 0 Å². The van der Waals surface area contributed by atoms with Crippen LogP contribution < -0.4 is 5.32 Å². The van der Waals surface area contributed by atoms with Gasteiger partial charge >= 0.3 is 0 Å². The van der Waals surface area contributed by atoms with Gasteiger partial charge in [-0.2, -0.15) is 0 Å². The monoisotopic (exact) mass is 140 g/mol. The first kappa shape index (κ1) is 7.05. The van der Waals surface area contributed by atoms with E-state index in [1.807, 2.05) is 19.0 Å². The zero-order valence-electron chi connectivity index (χ0n) is 6.31. The SMILES string of the molecule is CN(C)C1=NCNC(=N)C1. The zero-order chi connectivity index (χ0) is 7.56. The molecule has 0 atom stereocenters. The summed E-state index contributed by atoms with van der Waals surface area (Å²) in [4.78, 5) is 6.11. The highest BCUT2D eigenvalue weighted by molar-refractivity contribution is 6.02. The largest absolute Gasteiger partial charge is 0.366 e. The van der Waals surface area contributed by atoms with Crippen molar-refractivity contribution >= 4 is 11.7 Å². The molecule has 0 saturated heterocycles. The van der Waals surface area contributed by atoms with Gasteiger partial charge < -0.3 is 10.2 Å². The minimum absolute atomic E-state index is 0.548. The van der Waals surface area contributed by atoms with Gasteiger partial charge in [-0.3, -0.25) is 10.4 Å². The molecule has 0 aromatic heterocycles. The second-order valence-electron chi connectivity index (χ2n) is 2.46. The maximum Gasteiger partial charge on any atom is 0.110 e. The Morgan fingerprint density at radius 1 is 1.60 bits per heavy atom. The fraction of sp³-hybridized carbons (Fsp3) is 0.667. The first-order valence-electron chi connectivity index (χ1n) is 3.22. The van der Waals surface area contributed by atoms with E-state index in [2.05, 4.69) is 10.3 Å². The molecule has 1 aliphatic heterocycles. The van der Waals surface area contributed by atoms with Gasteiger partial charge in [0.2, 0.25) is 0 Å². The van der Waals surface area contributed by atoms with Gasteiger partial charge in [0.25, 0.3) is 0 Å². The highest BCUT2D eigenvalue weighted by Crippen LogP contribution is 1.95. The van der Waals surface area contributed by atoms with Crippen molar-refractivity contribution in [3.05, 3.63) is 0 Å². The van der Waals surface area contributed by atoms with Gasteiger partial charge in [0.15, 0.2) is 0 Å². The summed E-state index contributed by atoms with van der Waals surface area (Å²) >= 11 is 0. The van der Waals surface area contributed by atoms with E-state index >= 15 is 0 Å². The lowest BCUT2D eigenvalue weighted by atomic mass is 10.3. The molecule has 1 rings (SSSR count). The Kier molecular flexibility index (Phi) is 1.89. The third-order valence-electron chi connectivity index (χ3n) is 1.41. The van der Waals surface area contributed by atoms with Crippen molar-refractivity contribution in [3.63, 3.8) is 0 Å². The van der Waals surface area contributed by atoms with Crippen LogP contribution in [0.1, 0.15) is 6.42 Å². The van der Waals surface area contributed by atoms with Crippen LogP contribution >= 0.6 is 0 Å². The number of nitrogens with zero attached hydrogens (tertiary/aromatic N) is 2. The van der Waals surface area contributed by atoms with Crippen LogP contribution in [0.25, 0.3) is 0 Å². The Balaban J connectivity index is 2.60. The van der Waals surface area contributed by atoms with Gasteiger partial charge in [-0.05, 0) is 0 Å². The maximum absolute atomic E-state index is 7.29. The van der Waals surface area contributed by atoms with Crippen LogP contribution in [0.5, 0.6) is 0 Å². The van der Waals surface area contributed by atoms with E-state index in [4.69, 9.17) is 5.41 Å². The highest BCUT2D eigenvalue weighted by atomic mass is 15.2. The van der Waals surface area contributed by atoms with Crippen molar-refractivity contribution < 1.29 is 0 Å². The van der Waals surface area contributed by atoms with E-state index in [-0.39, 0.29) is 0 Å². The fourth-order valence-electron chi connectivity index (χ4n) is 0.802. The predicted octanol–water partition coefficient (Wildman–Crippen LogP) is -0.125. The molecule has 0 fully saturated rings. The van der Waals surface area contributed by atoms with Crippen molar-refractivity contribution in [2.75, 3.05) is 20.8 Å². The van der Waals surface area contributed by atoms with Crippen LogP contribution in [0.4, 0.5) is 0 Å². The van der Waals surface area contributed by atoms with Crippen molar-refractivity contribution in [3.8, 4) is 0 Å². The summed E-state index contributed by atoms with van der Waals surface area (Å²) in [5.41, 5.74) is 0. The summed E-state index contributed by atoms with van der Waals surface area (Å²) in [6.45, 7) is 0.548. The van der Waals surface area contributed by atoms with E-state index in [9.17, 15) is 0 Å². The van der Waals surface area contributed by atoms with Gasteiger partial charge in [0.05, 0.1) is 6.42 Å². The van der Waals surface area contributed by atoms with Crippen LogP contribution in [-0.2, 0) is 0 Å². The molecule has 1 aliphatic rings. The van der Waals surface area contributed by atoms with Crippen LogP contribution in [-0.4, -0.2) is 37.3 Å². The second-order valence-corrected chi connectivity index (χ2v) is 2.46. The van der Waals surface area contributed by atoms with Crippen molar-refractivity contribution in [1.82, 2.24) is 10.2 Å². The number of aliphatic imine (C=N–C) groups is 1. The lowest BCUT2D eigenvalue weighted by molar-refractivity contribution is 0.599. The quantitative estimate of drug-likeness (QED) is 0.492. The fourth-order valence-corrected chi connectivity index (χ4v) is 0.802. The Hall–Kier alpha value is -1.06. The van der Waals surface area contributed by atoms with Crippen LogP contribution in [0.2, 0.25) is 0 Å². The molecule has 4 heteroatoms. The van der Waals surface area contributed by atoms with Gasteiger partial charge in [-0.25, -0.2) is 0 Å². The molecule has 10 heavy (non-hydrogen) atoms. The Morgan fingerprint density at radius 3 is 2.70 bits per heavy atom. The van der Waals surface area contributed by atoms with Crippen LogP contribution in [0, 0.1) is 5.41 Å². The molecule has 4 nitrogen and oxygen atoms in total. The molecule has 0 radical (unpaired) electrons. The minimum atomic E-state index is 0.548. The van der Waals surface area contributed by atoms with E-state index in [1.165, 1.54) is 0 Å². The molecule has 0 aromatic rings. The maximum atomic E-state index is 7.29. The van der Waals surface area contributed by atoms with E-state index in [0.717, 1.165) is 5.84 Å². The molecule has 0 saturated carbocycles. The molecule has 0 bridgehead atoms. The number of hydrogen-bond donors (Lipinski definition) is 2. The zero-order valence-corrected chi connectivity index (χ0v) is 6.31. The molecule has 1 heterocycles. The average molecular weight is 140 g/mol. The average Bonchev–Trinajstić information content (AvgIpc) is 1.88. The number of nitrogens with one attached hydrogen (secondary N) is 2. The summed E-state index contributed by atoms with van der Waals surface area (Å²) < 4.78 is 0. The van der Waals surface area contributed by atoms with Gasteiger partial charge in [-0.1, -0.05) is 0 Å². The van der Waals surface area contributed by atoms with Gasteiger partial charge in [0, 0.05) is 14.1 Å².